The van der Waals surface area contributed by atoms with Gasteiger partial charge in [0.1, 0.15) is 11.2 Å². The molecule has 2 aromatic heterocycles. The van der Waals surface area contributed by atoms with Crippen molar-refractivity contribution in [1.82, 2.24) is 4.57 Å². The molecule has 1 aliphatic heterocycles. The van der Waals surface area contributed by atoms with Crippen LogP contribution in [0.15, 0.2) is 217 Å². The van der Waals surface area contributed by atoms with Crippen LogP contribution in [0.5, 0.6) is 0 Å². The van der Waals surface area contributed by atoms with Crippen LogP contribution in [-0.2, 0) is 5.41 Å². The van der Waals surface area contributed by atoms with Crippen LogP contribution in [0.2, 0.25) is 0 Å². The SMILES string of the molecule is CC1(C)c2ccccc2N(c2cc(-c3ccc(N(c4ccccc4)c4ccc5c(c4)c4ccccc4n5-c4ccccc4)cc3)c3oc4ccccc4c3c2)c2ccccc21. The lowest BCUT2D eigenvalue weighted by atomic mass is 9.73. The van der Waals surface area contributed by atoms with E-state index in [9.17, 15) is 0 Å². The van der Waals surface area contributed by atoms with Gasteiger partial charge in [-0.1, -0.05) is 135 Å². The molecule has 0 spiro atoms. The first kappa shape index (κ1) is 35.2. The van der Waals surface area contributed by atoms with Gasteiger partial charge in [0, 0.05) is 61.0 Å². The minimum Gasteiger partial charge on any atom is -0.455 e. The first-order chi connectivity index (χ1) is 30.0. The van der Waals surface area contributed by atoms with E-state index in [1.807, 2.05) is 6.07 Å². The molecular weight excluding hydrogens is 743 g/mol. The number of rotatable bonds is 6. The minimum absolute atomic E-state index is 0.150. The fourth-order valence-electron chi connectivity index (χ4n) is 9.87. The lowest BCUT2D eigenvalue weighted by Crippen LogP contribution is -2.30. The number of anilines is 6. The topological polar surface area (TPSA) is 24.6 Å². The van der Waals surface area contributed by atoms with Crippen LogP contribution < -0.4 is 9.80 Å². The van der Waals surface area contributed by atoms with Crippen LogP contribution in [0.3, 0.4) is 0 Å². The third-order valence-corrected chi connectivity index (χ3v) is 12.7. The Labute approximate surface area is 354 Å². The molecule has 0 aliphatic carbocycles. The molecule has 0 bridgehead atoms. The third-order valence-electron chi connectivity index (χ3n) is 12.7. The lowest BCUT2D eigenvalue weighted by Gasteiger charge is -2.42. The summed E-state index contributed by atoms with van der Waals surface area (Å²) in [5.41, 5.74) is 16.6. The van der Waals surface area contributed by atoms with Crippen molar-refractivity contribution in [2.24, 2.45) is 0 Å². The number of aromatic nitrogens is 1. The second kappa shape index (κ2) is 13.6. The highest BCUT2D eigenvalue weighted by Gasteiger charge is 2.37. The number of hydrogen-bond acceptors (Lipinski definition) is 3. The molecule has 0 unspecified atom stereocenters. The molecule has 0 saturated heterocycles. The summed E-state index contributed by atoms with van der Waals surface area (Å²) < 4.78 is 9.11. The molecule has 0 radical (unpaired) electrons. The molecule has 4 nitrogen and oxygen atoms in total. The molecule has 290 valence electrons. The fourth-order valence-corrected chi connectivity index (χ4v) is 9.87. The standard InChI is InChI=1S/C57H41N3O/c1-57(2)49-23-11-14-26-53(49)60(54-27-15-12-24-50(54)57)43-36-46(56-48(37-43)45-22-10-16-28-55(45)61-56)38-29-31-41(32-30-38)58(39-17-5-3-6-18-39)42-33-34-52-47(35-42)44-21-9-13-25-51(44)59(52)40-19-7-4-8-20-40/h3-37H,1-2H3. The third kappa shape index (κ3) is 5.46. The number of para-hydroxylation sites is 6. The summed E-state index contributed by atoms with van der Waals surface area (Å²) in [6.45, 7) is 4.67. The average Bonchev–Trinajstić information content (AvgIpc) is 3.86. The van der Waals surface area contributed by atoms with E-state index < -0.39 is 0 Å². The highest BCUT2D eigenvalue weighted by atomic mass is 16.3. The molecule has 0 amide bonds. The Morgan fingerprint density at radius 2 is 1.00 bits per heavy atom. The van der Waals surface area contributed by atoms with Crippen molar-refractivity contribution in [3.05, 3.63) is 223 Å². The van der Waals surface area contributed by atoms with Gasteiger partial charge in [-0.3, -0.25) is 0 Å². The van der Waals surface area contributed by atoms with E-state index in [4.69, 9.17) is 4.42 Å². The number of nitrogens with zero attached hydrogens (tertiary/aromatic N) is 3. The number of hydrogen-bond donors (Lipinski definition) is 0. The Bertz CT molecular complexity index is 3400. The Morgan fingerprint density at radius 1 is 0.426 bits per heavy atom. The van der Waals surface area contributed by atoms with Crippen molar-refractivity contribution in [3.63, 3.8) is 0 Å². The highest BCUT2D eigenvalue weighted by Crippen LogP contribution is 2.53. The van der Waals surface area contributed by atoms with Crippen molar-refractivity contribution in [3.8, 4) is 16.8 Å². The van der Waals surface area contributed by atoms with E-state index in [2.05, 4.69) is 234 Å². The van der Waals surface area contributed by atoms with Crippen LogP contribution in [0.1, 0.15) is 25.0 Å². The molecule has 61 heavy (non-hydrogen) atoms. The van der Waals surface area contributed by atoms with E-state index in [1.165, 1.54) is 44.3 Å². The van der Waals surface area contributed by atoms with Gasteiger partial charge in [-0.05, 0) is 108 Å². The van der Waals surface area contributed by atoms with E-state index >= 15 is 0 Å². The van der Waals surface area contributed by atoms with Crippen LogP contribution in [0.4, 0.5) is 34.1 Å². The maximum Gasteiger partial charge on any atom is 0.143 e. The molecular formula is C57H41N3O. The first-order valence-corrected chi connectivity index (χ1v) is 21.0. The monoisotopic (exact) mass is 783 g/mol. The largest absolute Gasteiger partial charge is 0.455 e. The molecule has 9 aromatic carbocycles. The van der Waals surface area contributed by atoms with Gasteiger partial charge in [0.15, 0.2) is 0 Å². The van der Waals surface area contributed by atoms with Crippen molar-refractivity contribution in [2.75, 3.05) is 9.80 Å². The molecule has 0 atom stereocenters. The van der Waals surface area contributed by atoms with Crippen molar-refractivity contribution in [1.29, 1.82) is 0 Å². The zero-order chi connectivity index (χ0) is 40.7. The molecule has 0 N–H and O–H groups in total. The minimum atomic E-state index is -0.150. The van der Waals surface area contributed by atoms with Gasteiger partial charge in [0.25, 0.3) is 0 Å². The summed E-state index contributed by atoms with van der Waals surface area (Å²) in [5, 5.41) is 4.64. The van der Waals surface area contributed by atoms with E-state index in [0.29, 0.717) is 0 Å². The lowest BCUT2D eigenvalue weighted by molar-refractivity contribution is 0.632. The Balaban J connectivity index is 1.02. The summed E-state index contributed by atoms with van der Waals surface area (Å²) in [6, 6.07) is 76.6. The summed E-state index contributed by atoms with van der Waals surface area (Å²) in [4.78, 5) is 4.80. The van der Waals surface area contributed by atoms with Crippen molar-refractivity contribution >= 4 is 77.9 Å². The van der Waals surface area contributed by atoms with Crippen molar-refractivity contribution in [2.45, 2.75) is 19.3 Å². The molecule has 3 heterocycles. The van der Waals surface area contributed by atoms with Gasteiger partial charge in [-0.15, -0.1) is 0 Å². The van der Waals surface area contributed by atoms with Crippen LogP contribution in [0.25, 0.3) is 60.6 Å². The Morgan fingerprint density at radius 3 is 1.74 bits per heavy atom. The number of furan rings is 1. The van der Waals surface area contributed by atoms with Crippen molar-refractivity contribution < 1.29 is 4.42 Å². The van der Waals surface area contributed by atoms with Gasteiger partial charge < -0.3 is 18.8 Å². The maximum atomic E-state index is 6.75. The van der Waals surface area contributed by atoms with Gasteiger partial charge in [0.05, 0.1) is 22.4 Å². The molecule has 11 aromatic rings. The second-order valence-electron chi connectivity index (χ2n) is 16.6. The van der Waals surface area contributed by atoms with Gasteiger partial charge in [-0.25, -0.2) is 0 Å². The summed E-state index contributed by atoms with van der Waals surface area (Å²) in [5.74, 6) is 0. The molecule has 12 rings (SSSR count). The average molecular weight is 784 g/mol. The number of fused-ring (bicyclic) bond motifs is 8. The van der Waals surface area contributed by atoms with Crippen LogP contribution in [0, 0.1) is 0 Å². The Kier molecular flexibility index (Phi) is 7.85. The predicted octanol–water partition coefficient (Wildman–Crippen LogP) is 15.9. The van der Waals surface area contributed by atoms with Gasteiger partial charge in [0.2, 0.25) is 0 Å². The number of benzene rings is 9. The van der Waals surface area contributed by atoms with Crippen LogP contribution in [-0.4, -0.2) is 4.57 Å². The maximum absolute atomic E-state index is 6.75. The quantitative estimate of drug-likeness (QED) is 0.168. The van der Waals surface area contributed by atoms with E-state index in [0.717, 1.165) is 61.5 Å². The van der Waals surface area contributed by atoms with E-state index in [-0.39, 0.29) is 5.41 Å². The molecule has 1 aliphatic rings. The first-order valence-electron chi connectivity index (χ1n) is 21.0. The summed E-state index contributed by atoms with van der Waals surface area (Å²) >= 11 is 0. The molecule has 0 saturated carbocycles. The second-order valence-corrected chi connectivity index (χ2v) is 16.6. The summed E-state index contributed by atoms with van der Waals surface area (Å²) in [7, 11) is 0. The molecule has 0 fully saturated rings. The predicted molar refractivity (Wildman–Crippen MR) is 255 cm³/mol. The summed E-state index contributed by atoms with van der Waals surface area (Å²) in [6.07, 6.45) is 0. The van der Waals surface area contributed by atoms with Gasteiger partial charge >= 0.3 is 0 Å². The zero-order valence-electron chi connectivity index (χ0n) is 34.0. The Hall–Kier alpha value is -7.82. The normalized spacial score (nSPS) is 13.2. The zero-order valence-corrected chi connectivity index (χ0v) is 34.0. The highest BCUT2D eigenvalue weighted by molar-refractivity contribution is 6.13. The fraction of sp³-hybridized carbons (Fsp3) is 0.0526. The van der Waals surface area contributed by atoms with Gasteiger partial charge in [-0.2, -0.15) is 0 Å². The molecule has 4 heteroatoms. The van der Waals surface area contributed by atoms with E-state index in [1.54, 1.807) is 0 Å². The smallest absolute Gasteiger partial charge is 0.143 e. The van der Waals surface area contributed by atoms with Crippen LogP contribution >= 0.6 is 0 Å².